The Balaban J connectivity index is 1.43. The number of para-hydroxylation sites is 4. The van der Waals surface area contributed by atoms with Crippen molar-refractivity contribution in [2.24, 2.45) is 0 Å². The summed E-state index contributed by atoms with van der Waals surface area (Å²) in [6, 6.07) is 54.2. The van der Waals surface area contributed by atoms with Crippen LogP contribution in [-0.2, 0) is 0 Å². The number of hydrogen-bond donors (Lipinski definition) is 0. The number of benzene rings is 7. The fourth-order valence-electron chi connectivity index (χ4n) is 6.86. The van der Waals surface area contributed by atoms with Gasteiger partial charge in [-0.2, -0.15) is 5.26 Å². The predicted octanol–water partition coefficient (Wildman–Crippen LogP) is 12.0. The summed E-state index contributed by atoms with van der Waals surface area (Å²) in [5, 5.41) is 14.6. The van der Waals surface area contributed by atoms with E-state index < -0.39 is 0 Å². The van der Waals surface area contributed by atoms with Crippen molar-refractivity contribution in [3.05, 3.63) is 157 Å². The molecule has 2 heterocycles. The maximum Gasteiger partial charge on any atom is 0.143 e. The third-order valence-corrected chi connectivity index (χ3v) is 8.97. The number of fused-ring (bicyclic) bond motifs is 6. The van der Waals surface area contributed by atoms with E-state index in [0.29, 0.717) is 5.56 Å². The Kier molecular flexibility index (Phi) is 5.88. The van der Waals surface area contributed by atoms with Gasteiger partial charge < -0.3 is 8.83 Å². The van der Waals surface area contributed by atoms with Crippen LogP contribution in [0.3, 0.4) is 0 Å². The molecule has 46 heavy (non-hydrogen) atoms. The van der Waals surface area contributed by atoms with Gasteiger partial charge in [0, 0.05) is 38.2 Å². The summed E-state index contributed by atoms with van der Waals surface area (Å²) in [7, 11) is 0. The molecule has 0 fully saturated rings. The van der Waals surface area contributed by atoms with Crippen molar-refractivity contribution in [3.63, 3.8) is 0 Å². The molecule has 0 radical (unpaired) electrons. The number of furan rings is 2. The largest absolute Gasteiger partial charge is 0.455 e. The zero-order valence-corrected chi connectivity index (χ0v) is 24.7. The second kappa shape index (κ2) is 10.4. The lowest BCUT2D eigenvalue weighted by atomic mass is 9.84. The fourth-order valence-corrected chi connectivity index (χ4v) is 6.86. The normalized spacial score (nSPS) is 11.5. The van der Waals surface area contributed by atoms with E-state index in [9.17, 15) is 5.26 Å². The summed E-state index contributed by atoms with van der Waals surface area (Å²) in [5.74, 6) is 0. The van der Waals surface area contributed by atoms with Gasteiger partial charge in [0.2, 0.25) is 0 Å². The highest BCUT2D eigenvalue weighted by Gasteiger charge is 2.22. The Morgan fingerprint density at radius 1 is 0.370 bits per heavy atom. The van der Waals surface area contributed by atoms with Crippen LogP contribution < -0.4 is 0 Å². The Morgan fingerprint density at radius 2 is 0.826 bits per heavy atom. The van der Waals surface area contributed by atoms with Crippen LogP contribution >= 0.6 is 0 Å². The lowest BCUT2D eigenvalue weighted by Gasteiger charge is -2.19. The van der Waals surface area contributed by atoms with Crippen molar-refractivity contribution in [3.8, 4) is 50.6 Å². The lowest BCUT2D eigenvalue weighted by Crippen LogP contribution is -1.94. The topological polar surface area (TPSA) is 50.1 Å². The third-order valence-electron chi connectivity index (χ3n) is 8.97. The van der Waals surface area contributed by atoms with Gasteiger partial charge in [-0.1, -0.05) is 121 Å². The van der Waals surface area contributed by atoms with Crippen LogP contribution in [0.5, 0.6) is 0 Å². The molecule has 3 heteroatoms. The average Bonchev–Trinajstić information content (AvgIpc) is 3.70. The Labute approximate surface area is 265 Å². The van der Waals surface area contributed by atoms with E-state index in [1.54, 1.807) is 0 Å². The summed E-state index contributed by atoms with van der Waals surface area (Å²) >= 11 is 0. The van der Waals surface area contributed by atoms with E-state index in [-0.39, 0.29) is 0 Å². The van der Waals surface area contributed by atoms with Crippen LogP contribution in [0.2, 0.25) is 0 Å². The zero-order chi connectivity index (χ0) is 30.6. The summed E-state index contributed by atoms with van der Waals surface area (Å²) in [6.45, 7) is 0. The maximum atomic E-state index is 10.3. The van der Waals surface area contributed by atoms with Gasteiger partial charge in [0.25, 0.3) is 0 Å². The van der Waals surface area contributed by atoms with E-state index in [1.807, 2.05) is 66.7 Å². The summed E-state index contributed by atoms with van der Waals surface area (Å²) in [5.41, 5.74) is 11.9. The molecular weight excluding hydrogens is 562 g/mol. The molecule has 0 saturated heterocycles. The molecule has 0 saturated carbocycles. The molecule has 0 aliphatic heterocycles. The van der Waals surface area contributed by atoms with Gasteiger partial charge in [0.15, 0.2) is 0 Å². The predicted molar refractivity (Wildman–Crippen MR) is 187 cm³/mol. The minimum absolute atomic E-state index is 0.612. The van der Waals surface area contributed by atoms with Crippen molar-refractivity contribution in [2.45, 2.75) is 0 Å². The van der Waals surface area contributed by atoms with Gasteiger partial charge in [-0.3, -0.25) is 0 Å². The van der Waals surface area contributed by atoms with Gasteiger partial charge in [-0.05, 0) is 58.1 Å². The van der Waals surface area contributed by atoms with Crippen molar-refractivity contribution >= 4 is 43.9 Å². The van der Waals surface area contributed by atoms with Crippen LogP contribution in [0.1, 0.15) is 5.56 Å². The molecule has 0 N–H and O–H groups in total. The number of hydrogen-bond acceptors (Lipinski definition) is 3. The van der Waals surface area contributed by atoms with Gasteiger partial charge >= 0.3 is 0 Å². The van der Waals surface area contributed by atoms with Crippen LogP contribution in [0.15, 0.2) is 160 Å². The molecule has 0 aliphatic rings. The molecule has 214 valence electrons. The highest BCUT2D eigenvalue weighted by Crippen LogP contribution is 2.47. The summed E-state index contributed by atoms with van der Waals surface area (Å²) < 4.78 is 13.1. The van der Waals surface area contributed by atoms with Crippen LogP contribution in [0, 0.1) is 11.3 Å². The first-order chi connectivity index (χ1) is 22.8. The van der Waals surface area contributed by atoms with Crippen molar-refractivity contribution in [2.75, 3.05) is 0 Å². The lowest BCUT2D eigenvalue weighted by molar-refractivity contribution is 0.669. The van der Waals surface area contributed by atoms with Gasteiger partial charge in [-0.15, -0.1) is 0 Å². The first-order valence-corrected chi connectivity index (χ1v) is 15.3. The van der Waals surface area contributed by atoms with Gasteiger partial charge in [0.1, 0.15) is 22.3 Å². The van der Waals surface area contributed by atoms with Crippen molar-refractivity contribution in [1.82, 2.24) is 0 Å². The number of nitrogens with zero attached hydrogens (tertiary/aromatic N) is 1. The summed E-state index contributed by atoms with van der Waals surface area (Å²) in [4.78, 5) is 0. The molecule has 7 aromatic carbocycles. The Bertz CT molecular complexity index is 2650. The fraction of sp³-hybridized carbons (Fsp3) is 0. The molecule has 3 nitrogen and oxygen atoms in total. The van der Waals surface area contributed by atoms with Crippen molar-refractivity contribution < 1.29 is 8.83 Å². The van der Waals surface area contributed by atoms with Gasteiger partial charge in [0.05, 0.1) is 11.6 Å². The molecule has 0 aliphatic carbocycles. The second-order valence-corrected chi connectivity index (χ2v) is 11.5. The first-order valence-electron chi connectivity index (χ1n) is 15.3. The van der Waals surface area contributed by atoms with E-state index >= 15 is 0 Å². The highest BCUT2D eigenvalue weighted by molar-refractivity contribution is 6.13. The van der Waals surface area contributed by atoms with Crippen LogP contribution in [-0.4, -0.2) is 0 Å². The quantitative estimate of drug-likeness (QED) is 0.206. The maximum absolute atomic E-state index is 10.3. The Hall–Kier alpha value is -6.37. The number of rotatable bonds is 4. The van der Waals surface area contributed by atoms with Gasteiger partial charge in [-0.25, -0.2) is 0 Å². The standard InChI is InChI=1S/C43H25NO2/c44-26-28-14-4-5-15-29(28)37-25-38(34-20-10-18-32-30-16-6-8-22-40(30)45-42(32)34)36(27-12-2-1-3-13-27)24-39(37)35-21-11-19-33-31-17-7-9-23-41(31)46-43(33)35/h1-25H. The monoisotopic (exact) mass is 587 g/mol. The average molecular weight is 588 g/mol. The molecule has 9 rings (SSSR count). The van der Waals surface area contributed by atoms with E-state index in [2.05, 4.69) is 91.0 Å². The summed E-state index contributed by atoms with van der Waals surface area (Å²) in [6.07, 6.45) is 0. The van der Waals surface area contributed by atoms with Crippen LogP contribution in [0.25, 0.3) is 88.4 Å². The Morgan fingerprint density at radius 3 is 1.46 bits per heavy atom. The smallest absolute Gasteiger partial charge is 0.143 e. The van der Waals surface area contributed by atoms with Crippen molar-refractivity contribution in [1.29, 1.82) is 5.26 Å². The third kappa shape index (κ3) is 3.98. The first kappa shape index (κ1) is 26.1. The van der Waals surface area contributed by atoms with E-state index in [1.165, 1.54) is 0 Å². The minimum Gasteiger partial charge on any atom is -0.455 e. The highest BCUT2D eigenvalue weighted by atomic mass is 16.3. The molecule has 0 atom stereocenters. The molecule has 0 unspecified atom stereocenters. The van der Waals surface area contributed by atoms with E-state index in [4.69, 9.17) is 8.83 Å². The second-order valence-electron chi connectivity index (χ2n) is 11.5. The number of nitriles is 1. The van der Waals surface area contributed by atoms with E-state index in [0.717, 1.165) is 88.4 Å². The molecule has 2 aromatic heterocycles. The molecule has 0 amide bonds. The minimum atomic E-state index is 0.612. The molecular formula is C43H25NO2. The molecule has 0 bridgehead atoms. The molecule has 0 spiro atoms. The van der Waals surface area contributed by atoms with Crippen LogP contribution in [0.4, 0.5) is 0 Å². The zero-order valence-electron chi connectivity index (χ0n) is 24.7. The molecule has 9 aromatic rings. The SMILES string of the molecule is N#Cc1ccccc1-c1cc(-c2cccc3c2oc2ccccc23)c(-c2ccccc2)cc1-c1cccc2c1oc1ccccc12.